The summed E-state index contributed by atoms with van der Waals surface area (Å²) in [6.45, 7) is 3.95. The van der Waals surface area contributed by atoms with Crippen LogP contribution in [0.5, 0.6) is 5.75 Å². The molecule has 0 spiro atoms. The first-order valence-corrected chi connectivity index (χ1v) is 9.23. The van der Waals surface area contributed by atoms with Crippen molar-refractivity contribution in [2.24, 2.45) is 5.73 Å². The third-order valence-corrected chi connectivity index (χ3v) is 5.60. The molecule has 148 valence electrons. The molecular weight excluding hydrogens is 383 g/mol. The molecule has 1 saturated carbocycles. The highest BCUT2D eigenvalue weighted by atomic mass is 35.5. The van der Waals surface area contributed by atoms with E-state index in [1.807, 2.05) is 19.1 Å². The Labute approximate surface area is 173 Å². The summed E-state index contributed by atoms with van der Waals surface area (Å²) >= 11 is 0. The highest BCUT2D eigenvalue weighted by molar-refractivity contribution is 5.85. The van der Waals surface area contributed by atoms with E-state index in [0.717, 1.165) is 56.1 Å². The molecule has 0 bridgehead atoms. The van der Waals surface area contributed by atoms with Crippen LogP contribution in [0.3, 0.4) is 0 Å². The fraction of sp³-hybridized carbons (Fsp3) is 0.500. The number of aromatic hydroxyl groups is 1. The Bertz CT molecular complexity index is 759. The molecule has 1 aromatic heterocycles. The number of phenolic OH excluding ortho intramolecular Hbond substituents is 1. The molecule has 1 aliphatic heterocycles. The van der Waals surface area contributed by atoms with Crippen LogP contribution in [0.2, 0.25) is 0 Å². The highest BCUT2D eigenvalue weighted by Gasteiger charge is 2.30. The van der Waals surface area contributed by atoms with E-state index in [0.29, 0.717) is 23.6 Å². The summed E-state index contributed by atoms with van der Waals surface area (Å²) < 4.78 is 0. The first-order chi connectivity index (χ1) is 12.1. The van der Waals surface area contributed by atoms with E-state index in [9.17, 15) is 5.11 Å². The van der Waals surface area contributed by atoms with Crippen LogP contribution in [-0.2, 0) is 0 Å². The minimum Gasteiger partial charge on any atom is -0.508 e. The molecule has 1 aliphatic carbocycles. The van der Waals surface area contributed by atoms with Crippen molar-refractivity contribution in [2.75, 3.05) is 18.0 Å². The van der Waals surface area contributed by atoms with Crippen LogP contribution < -0.4 is 10.6 Å². The van der Waals surface area contributed by atoms with Crippen molar-refractivity contribution in [2.45, 2.75) is 50.5 Å². The molecule has 1 aromatic carbocycles. The molecule has 4 rings (SSSR count). The first kappa shape index (κ1) is 21.7. The van der Waals surface area contributed by atoms with Gasteiger partial charge in [0.05, 0.1) is 0 Å². The summed E-state index contributed by atoms with van der Waals surface area (Å²) in [6.07, 6.45) is 4.23. The molecule has 7 heteroatoms. The summed E-state index contributed by atoms with van der Waals surface area (Å²) in [4.78, 5) is 11.7. The SMILES string of the molecule is Cc1nc(C2CC(N)C2)cc(N2CCC(c3cccc(O)c3)CC2)n1.Cl.Cl. The van der Waals surface area contributed by atoms with Gasteiger partial charge in [-0.2, -0.15) is 0 Å². The second-order valence-corrected chi connectivity index (χ2v) is 7.48. The van der Waals surface area contributed by atoms with Crippen LogP contribution in [0, 0.1) is 6.92 Å². The van der Waals surface area contributed by atoms with Crippen molar-refractivity contribution in [1.82, 2.24) is 9.97 Å². The standard InChI is InChI=1S/C20H26N4O.2ClH/c1-13-22-19(16-9-17(21)10-16)12-20(23-13)24-7-5-14(6-8-24)15-3-2-4-18(25)11-15;;/h2-4,11-12,14,16-17,25H,5-10,21H2,1H3;2*1H. The molecule has 5 nitrogen and oxygen atoms in total. The van der Waals surface area contributed by atoms with E-state index < -0.39 is 0 Å². The maximum atomic E-state index is 9.70. The minimum atomic E-state index is 0. The summed E-state index contributed by atoms with van der Waals surface area (Å²) in [5.41, 5.74) is 8.33. The molecule has 0 atom stereocenters. The Morgan fingerprint density at radius 2 is 1.74 bits per heavy atom. The number of hydrogen-bond donors (Lipinski definition) is 2. The van der Waals surface area contributed by atoms with E-state index in [-0.39, 0.29) is 24.8 Å². The zero-order valence-electron chi connectivity index (χ0n) is 15.5. The molecule has 27 heavy (non-hydrogen) atoms. The third kappa shape index (κ3) is 4.84. The number of nitrogens with zero attached hydrogens (tertiary/aromatic N) is 3. The fourth-order valence-electron chi connectivity index (χ4n) is 4.07. The lowest BCUT2D eigenvalue weighted by Crippen LogP contribution is -2.36. The lowest BCUT2D eigenvalue weighted by Gasteiger charge is -2.35. The van der Waals surface area contributed by atoms with Crippen LogP contribution >= 0.6 is 24.8 Å². The predicted molar refractivity (Wildman–Crippen MR) is 114 cm³/mol. The molecular formula is C20H28Cl2N4O. The second-order valence-electron chi connectivity index (χ2n) is 7.48. The number of hydrogen-bond acceptors (Lipinski definition) is 5. The zero-order chi connectivity index (χ0) is 17.4. The summed E-state index contributed by atoms with van der Waals surface area (Å²) in [7, 11) is 0. The molecule has 0 amide bonds. The number of piperidine rings is 1. The van der Waals surface area contributed by atoms with E-state index >= 15 is 0 Å². The van der Waals surface area contributed by atoms with Gasteiger partial charge in [-0.05, 0) is 56.2 Å². The summed E-state index contributed by atoms with van der Waals surface area (Å²) in [5.74, 6) is 3.27. The van der Waals surface area contributed by atoms with Crippen molar-refractivity contribution in [3.63, 3.8) is 0 Å². The lowest BCUT2D eigenvalue weighted by molar-refractivity contribution is 0.344. The van der Waals surface area contributed by atoms with Gasteiger partial charge < -0.3 is 15.7 Å². The van der Waals surface area contributed by atoms with Crippen LogP contribution in [-0.4, -0.2) is 34.2 Å². The highest BCUT2D eigenvalue weighted by Crippen LogP contribution is 2.36. The summed E-state index contributed by atoms with van der Waals surface area (Å²) in [6, 6.07) is 10.2. The van der Waals surface area contributed by atoms with Crippen molar-refractivity contribution < 1.29 is 5.11 Å². The molecule has 2 fully saturated rings. The molecule has 2 aliphatic rings. The normalized spacial score (nSPS) is 22.4. The van der Waals surface area contributed by atoms with Gasteiger partial charge in [-0.3, -0.25) is 0 Å². The largest absolute Gasteiger partial charge is 0.508 e. The summed E-state index contributed by atoms with van der Waals surface area (Å²) in [5, 5.41) is 9.70. The van der Waals surface area contributed by atoms with Crippen LogP contribution in [0.25, 0.3) is 0 Å². The van der Waals surface area contributed by atoms with Crippen molar-refractivity contribution in [3.05, 3.63) is 47.4 Å². The second kappa shape index (κ2) is 9.09. The smallest absolute Gasteiger partial charge is 0.132 e. The average molecular weight is 411 g/mol. The number of benzene rings is 1. The number of anilines is 1. The van der Waals surface area contributed by atoms with Gasteiger partial charge in [-0.1, -0.05) is 12.1 Å². The van der Waals surface area contributed by atoms with Gasteiger partial charge in [0.25, 0.3) is 0 Å². The predicted octanol–water partition coefficient (Wildman–Crippen LogP) is 3.92. The Hall–Kier alpha value is -1.56. The van der Waals surface area contributed by atoms with E-state index in [1.54, 1.807) is 6.07 Å². The number of halogens is 2. The van der Waals surface area contributed by atoms with Gasteiger partial charge in [0.1, 0.15) is 17.4 Å². The van der Waals surface area contributed by atoms with Gasteiger partial charge >= 0.3 is 0 Å². The van der Waals surface area contributed by atoms with Crippen molar-refractivity contribution in [1.29, 1.82) is 0 Å². The van der Waals surface area contributed by atoms with E-state index in [4.69, 9.17) is 5.73 Å². The lowest BCUT2D eigenvalue weighted by atomic mass is 9.78. The Kier molecular flexibility index (Phi) is 7.32. The molecule has 1 saturated heterocycles. The van der Waals surface area contributed by atoms with Crippen LogP contribution in [0.1, 0.15) is 54.6 Å². The maximum absolute atomic E-state index is 9.70. The van der Waals surface area contributed by atoms with Crippen LogP contribution in [0.15, 0.2) is 30.3 Å². The van der Waals surface area contributed by atoms with Crippen LogP contribution in [0.4, 0.5) is 5.82 Å². The molecule has 2 aromatic rings. The zero-order valence-corrected chi connectivity index (χ0v) is 17.2. The molecule has 3 N–H and O–H groups in total. The maximum Gasteiger partial charge on any atom is 0.132 e. The first-order valence-electron chi connectivity index (χ1n) is 9.23. The quantitative estimate of drug-likeness (QED) is 0.801. The third-order valence-electron chi connectivity index (χ3n) is 5.60. The average Bonchev–Trinajstić information content (AvgIpc) is 2.58. The fourth-order valence-corrected chi connectivity index (χ4v) is 4.07. The monoisotopic (exact) mass is 410 g/mol. The Morgan fingerprint density at radius 3 is 2.37 bits per heavy atom. The number of aryl methyl sites for hydroxylation is 1. The van der Waals surface area contributed by atoms with Gasteiger partial charge in [0.15, 0.2) is 0 Å². The van der Waals surface area contributed by atoms with Gasteiger partial charge in [-0.25, -0.2) is 9.97 Å². The number of phenols is 1. The molecule has 2 heterocycles. The van der Waals surface area contributed by atoms with Crippen molar-refractivity contribution in [3.8, 4) is 5.75 Å². The Balaban J connectivity index is 0.00000131. The number of rotatable bonds is 3. The van der Waals surface area contributed by atoms with E-state index in [1.165, 1.54) is 5.56 Å². The van der Waals surface area contributed by atoms with E-state index in [2.05, 4.69) is 27.0 Å². The molecule has 0 unspecified atom stereocenters. The minimum absolute atomic E-state index is 0. The topological polar surface area (TPSA) is 75.3 Å². The van der Waals surface area contributed by atoms with Gasteiger partial charge in [-0.15, -0.1) is 24.8 Å². The number of aromatic nitrogens is 2. The van der Waals surface area contributed by atoms with Crippen molar-refractivity contribution >= 4 is 30.6 Å². The molecule has 0 radical (unpaired) electrons. The van der Waals surface area contributed by atoms with Gasteiger partial charge in [0.2, 0.25) is 0 Å². The Morgan fingerprint density at radius 1 is 1.04 bits per heavy atom. The van der Waals surface area contributed by atoms with Gasteiger partial charge in [0, 0.05) is 36.8 Å². The number of nitrogens with two attached hydrogens (primary N) is 1.